The van der Waals surface area contributed by atoms with Gasteiger partial charge < -0.3 is 15.2 Å². The average molecular weight is 381 g/mol. The van der Waals surface area contributed by atoms with Crippen LogP contribution in [0.2, 0.25) is 0 Å². The third kappa shape index (κ3) is 7.07. The van der Waals surface area contributed by atoms with E-state index in [9.17, 15) is 0 Å². The molecule has 2 heterocycles. The van der Waals surface area contributed by atoms with Crippen molar-refractivity contribution in [2.45, 2.75) is 32.7 Å². The maximum absolute atomic E-state index is 4.67. The Labute approximate surface area is 158 Å². The molecule has 0 unspecified atom stereocenters. The van der Waals surface area contributed by atoms with E-state index in [0.29, 0.717) is 6.54 Å². The third-order valence-electron chi connectivity index (χ3n) is 3.87. The van der Waals surface area contributed by atoms with E-state index < -0.39 is 0 Å². The predicted octanol–water partition coefficient (Wildman–Crippen LogP) is 2.61. The number of guanidine groups is 1. The third-order valence-corrected chi connectivity index (χ3v) is 5.51. The van der Waals surface area contributed by atoms with Crippen molar-refractivity contribution in [3.8, 4) is 0 Å². The van der Waals surface area contributed by atoms with Crippen molar-refractivity contribution >= 4 is 29.1 Å². The van der Waals surface area contributed by atoms with Crippen LogP contribution in [-0.4, -0.2) is 45.8 Å². The molecule has 0 amide bonds. The number of nitrogens with zero attached hydrogens (tertiary/aromatic N) is 4. The molecule has 2 aromatic rings. The Morgan fingerprint density at radius 1 is 1.28 bits per heavy atom. The van der Waals surface area contributed by atoms with E-state index in [0.717, 1.165) is 43.5 Å². The van der Waals surface area contributed by atoms with Gasteiger partial charge in [0.1, 0.15) is 12.4 Å². The van der Waals surface area contributed by atoms with E-state index in [1.54, 1.807) is 11.3 Å². The first kappa shape index (κ1) is 19.8. The number of thiophene rings is 1. The first-order chi connectivity index (χ1) is 12.2. The van der Waals surface area contributed by atoms with Gasteiger partial charge in [0.25, 0.3) is 0 Å². The number of rotatable bonds is 10. The normalized spacial score (nSPS) is 11.7. The Balaban J connectivity index is 1.85. The van der Waals surface area contributed by atoms with Crippen molar-refractivity contribution in [1.82, 2.24) is 25.4 Å². The maximum atomic E-state index is 4.67. The standard InChI is InChI=1S/C17H28N6S2/c1-14-21-22-16(23(14)2)13-20-17(18-9-4-5-11-24-3)19-10-8-15-7-6-12-25-15/h6-7,12H,4-5,8-11,13H2,1-3H3,(H2,18,19,20). The summed E-state index contributed by atoms with van der Waals surface area (Å²) in [5.74, 6) is 3.83. The van der Waals surface area contributed by atoms with E-state index in [1.165, 1.54) is 17.1 Å². The lowest BCUT2D eigenvalue weighted by molar-refractivity contribution is 0.718. The van der Waals surface area contributed by atoms with Gasteiger partial charge in [-0.1, -0.05) is 6.07 Å². The second-order valence-electron chi connectivity index (χ2n) is 5.77. The fourth-order valence-electron chi connectivity index (χ4n) is 2.25. The fourth-order valence-corrected chi connectivity index (χ4v) is 3.45. The monoisotopic (exact) mass is 380 g/mol. The molecule has 0 saturated heterocycles. The van der Waals surface area contributed by atoms with Crippen molar-refractivity contribution < 1.29 is 0 Å². The molecular formula is C17H28N6S2. The second kappa shape index (κ2) is 11.1. The van der Waals surface area contributed by atoms with Gasteiger partial charge in [0, 0.05) is 25.0 Å². The minimum absolute atomic E-state index is 0.524. The van der Waals surface area contributed by atoms with Gasteiger partial charge in [0.2, 0.25) is 0 Å². The first-order valence-electron chi connectivity index (χ1n) is 8.59. The van der Waals surface area contributed by atoms with Gasteiger partial charge in [-0.25, -0.2) is 4.99 Å². The summed E-state index contributed by atoms with van der Waals surface area (Å²) >= 11 is 3.69. The Kier molecular flexibility index (Phi) is 8.82. The second-order valence-corrected chi connectivity index (χ2v) is 7.79. The molecule has 2 rings (SSSR count). The number of aryl methyl sites for hydroxylation is 1. The summed E-state index contributed by atoms with van der Waals surface area (Å²) in [6.07, 6.45) is 5.53. The first-order valence-corrected chi connectivity index (χ1v) is 10.9. The summed E-state index contributed by atoms with van der Waals surface area (Å²) in [4.78, 5) is 6.06. The molecule has 2 N–H and O–H groups in total. The molecule has 0 atom stereocenters. The molecule has 8 heteroatoms. The Morgan fingerprint density at radius 3 is 2.80 bits per heavy atom. The molecule has 0 aromatic carbocycles. The number of hydrogen-bond donors (Lipinski definition) is 2. The highest BCUT2D eigenvalue weighted by atomic mass is 32.2. The zero-order valence-electron chi connectivity index (χ0n) is 15.3. The molecule has 2 aromatic heterocycles. The number of hydrogen-bond acceptors (Lipinski definition) is 5. The Hall–Kier alpha value is -1.54. The van der Waals surface area contributed by atoms with Crippen molar-refractivity contribution in [2.24, 2.45) is 12.0 Å². The van der Waals surface area contributed by atoms with Crippen LogP contribution >= 0.6 is 23.1 Å². The molecule has 0 aliphatic carbocycles. The van der Waals surface area contributed by atoms with Crippen LogP contribution in [0.15, 0.2) is 22.5 Å². The highest BCUT2D eigenvalue weighted by Crippen LogP contribution is 2.08. The van der Waals surface area contributed by atoms with Gasteiger partial charge >= 0.3 is 0 Å². The van der Waals surface area contributed by atoms with Gasteiger partial charge in [-0.05, 0) is 49.6 Å². The van der Waals surface area contributed by atoms with Crippen LogP contribution in [0.25, 0.3) is 0 Å². The lowest BCUT2D eigenvalue weighted by Gasteiger charge is -2.12. The maximum Gasteiger partial charge on any atom is 0.191 e. The Bertz CT molecular complexity index is 636. The highest BCUT2D eigenvalue weighted by molar-refractivity contribution is 7.98. The molecule has 0 saturated carbocycles. The summed E-state index contributed by atoms with van der Waals surface area (Å²) in [7, 11) is 1.97. The minimum atomic E-state index is 0.524. The van der Waals surface area contributed by atoms with E-state index in [2.05, 4.69) is 49.6 Å². The van der Waals surface area contributed by atoms with Crippen molar-refractivity contribution in [1.29, 1.82) is 0 Å². The zero-order valence-corrected chi connectivity index (χ0v) is 16.9. The lowest BCUT2D eigenvalue weighted by Crippen LogP contribution is -2.39. The zero-order chi connectivity index (χ0) is 17.9. The van der Waals surface area contributed by atoms with Gasteiger partial charge in [0.05, 0.1) is 0 Å². The number of nitrogens with one attached hydrogen (secondary N) is 2. The van der Waals surface area contributed by atoms with E-state index in [-0.39, 0.29) is 0 Å². The molecule has 0 fully saturated rings. The summed E-state index contributed by atoms with van der Waals surface area (Å²) in [6.45, 7) is 4.28. The molecular weight excluding hydrogens is 352 g/mol. The van der Waals surface area contributed by atoms with E-state index in [1.807, 2.05) is 30.3 Å². The number of aliphatic imine (C=N–C) groups is 1. The minimum Gasteiger partial charge on any atom is -0.356 e. The molecule has 0 aliphatic heterocycles. The molecule has 138 valence electrons. The van der Waals surface area contributed by atoms with Gasteiger partial charge in [-0.15, -0.1) is 21.5 Å². The van der Waals surface area contributed by atoms with Crippen LogP contribution < -0.4 is 10.6 Å². The Morgan fingerprint density at radius 2 is 2.12 bits per heavy atom. The SMILES string of the molecule is CSCCCCNC(=NCc1nnc(C)n1C)NCCc1cccs1. The summed E-state index contributed by atoms with van der Waals surface area (Å²) in [5, 5.41) is 17.2. The quantitative estimate of drug-likeness (QED) is 0.377. The summed E-state index contributed by atoms with van der Waals surface area (Å²) in [5.41, 5.74) is 0. The van der Waals surface area contributed by atoms with Crippen LogP contribution in [-0.2, 0) is 20.0 Å². The van der Waals surface area contributed by atoms with E-state index in [4.69, 9.17) is 0 Å². The van der Waals surface area contributed by atoms with Gasteiger partial charge in [-0.2, -0.15) is 11.8 Å². The molecule has 0 aliphatic rings. The molecule has 0 bridgehead atoms. The molecule has 0 spiro atoms. The smallest absolute Gasteiger partial charge is 0.191 e. The predicted molar refractivity (Wildman–Crippen MR) is 109 cm³/mol. The van der Waals surface area contributed by atoms with Crippen molar-refractivity contribution in [2.75, 3.05) is 25.1 Å². The van der Waals surface area contributed by atoms with Gasteiger partial charge in [0.15, 0.2) is 11.8 Å². The number of aromatic nitrogens is 3. The topological polar surface area (TPSA) is 67.1 Å². The molecule has 25 heavy (non-hydrogen) atoms. The van der Waals surface area contributed by atoms with Crippen LogP contribution in [0.4, 0.5) is 0 Å². The number of unbranched alkanes of at least 4 members (excludes halogenated alkanes) is 1. The van der Waals surface area contributed by atoms with E-state index >= 15 is 0 Å². The van der Waals surface area contributed by atoms with Crippen LogP contribution in [0.3, 0.4) is 0 Å². The average Bonchev–Trinajstić information content (AvgIpc) is 3.23. The molecule has 6 nitrogen and oxygen atoms in total. The van der Waals surface area contributed by atoms with Crippen LogP contribution in [0, 0.1) is 6.92 Å². The van der Waals surface area contributed by atoms with Crippen molar-refractivity contribution in [3.05, 3.63) is 34.0 Å². The summed E-state index contributed by atoms with van der Waals surface area (Å²) < 4.78 is 1.98. The largest absolute Gasteiger partial charge is 0.356 e. The van der Waals surface area contributed by atoms with Crippen molar-refractivity contribution in [3.63, 3.8) is 0 Å². The fraction of sp³-hybridized carbons (Fsp3) is 0.588. The van der Waals surface area contributed by atoms with Gasteiger partial charge in [-0.3, -0.25) is 0 Å². The number of thioether (sulfide) groups is 1. The lowest BCUT2D eigenvalue weighted by atomic mass is 10.3. The molecule has 0 radical (unpaired) electrons. The summed E-state index contributed by atoms with van der Waals surface area (Å²) in [6, 6.07) is 4.26. The van der Waals surface area contributed by atoms with Crippen LogP contribution in [0.1, 0.15) is 29.4 Å². The highest BCUT2D eigenvalue weighted by Gasteiger charge is 2.05. The van der Waals surface area contributed by atoms with Crippen LogP contribution in [0.5, 0.6) is 0 Å².